The molecule has 0 spiro atoms. The maximum atomic E-state index is 7.71. The van der Waals surface area contributed by atoms with Gasteiger partial charge in [0.05, 0.1) is 0 Å². The van der Waals surface area contributed by atoms with Gasteiger partial charge in [-0.1, -0.05) is 134 Å². The van der Waals surface area contributed by atoms with E-state index in [4.69, 9.17) is 3.79 Å². The van der Waals surface area contributed by atoms with Crippen LogP contribution in [0, 0.1) is 51.2 Å². The van der Waals surface area contributed by atoms with Crippen molar-refractivity contribution in [2.45, 2.75) is 178 Å². The second-order valence-corrected chi connectivity index (χ2v) is 22.0. The Labute approximate surface area is 247 Å². The Bertz CT molecular complexity index is 643. The molecule has 1 heterocycles. The van der Waals surface area contributed by atoms with E-state index in [2.05, 4.69) is 111 Å². The lowest BCUT2D eigenvalue weighted by molar-refractivity contribution is -0.0644. The van der Waals surface area contributed by atoms with Crippen LogP contribution in [-0.4, -0.2) is 20.1 Å². The normalized spacial score (nSPS) is 25.3. The Morgan fingerprint density at radius 3 is 1.37 bits per heavy atom. The average molecular weight is 549 g/mol. The van der Waals surface area contributed by atoms with Crippen LogP contribution in [0.5, 0.6) is 0 Å². The van der Waals surface area contributed by atoms with Crippen LogP contribution in [0.4, 0.5) is 0 Å². The molecular formula is C36H73AlO. The third kappa shape index (κ3) is 15.5. The van der Waals surface area contributed by atoms with Gasteiger partial charge < -0.3 is 3.79 Å². The smallest absolute Gasteiger partial charge is 0.461 e. The van der Waals surface area contributed by atoms with E-state index < -0.39 is 14.5 Å². The lowest BCUT2D eigenvalue weighted by Crippen LogP contribution is -2.52. The Morgan fingerprint density at radius 2 is 0.974 bits per heavy atom. The van der Waals surface area contributed by atoms with Crippen LogP contribution in [0.25, 0.3) is 0 Å². The molecule has 1 nitrogen and oxygen atoms in total. The van der Waals surface area contributed by atoms with Crippen molar-refractivity contribution >= 4 is 14.5 Å². The summed E-state index contributed by atoms with van der Waals surface area (Å²) in [6.07, 6.45) is 10.5. The van der Waals surface area contributed by atoms with E-state index in [-0.39, 0.29) is 5.60 Å². The molecule has 0 radical (unpaired) electrons. The van der Waals surface area contributed by atoms with Gasteiger partial charge in [-0.2, -0.15) is 0 Å². The first-order valence-electron chi connectivity index (χ1n) is 16.6. The third-order valence-electron chi connectivity index (χ3n) is 8.57. The molecule has 0 amide bonds. The molecule has 0 aromatic carbocycles. The van der Waals surface area contributed by atoms with Crippen LogP contribution in [0.2, 0.25) is 10.6 Å². The van der Waals surface area contributed by atoms with E-state index in [0.29, 0.717) is 39.4 Å². The molecule has 1 saturated heterocycles. The fraction of sp³-hybridized carbons (Fsp3) is 1.00. The number of hydrogen-bond acceptors (Lipinski definition) is 1. The zero-order valence-electron chi connectivity index (χ0n) is 29.4. The molecular weight excluding hydrogens is 475 g/mol. The lowest BCUT2D eigenvalue weighted by Gasteiger charge is -2.52. The zero-order chi connectivity index (χ0) is 29.7. The van der Waals surface area contributed by atoms with Gasteiger partial charge >= 0.3 is 14.5 Å². The van der Waals surface area contributed by atoms with Gasteiger partial charge in [-0.3, -0.25) is 0 Å². The zero-order valence-corrected chi connectivity index (χ0v) is 30.6. The molecule has 1 fully saturated rings. The maximum absolute atomic E-state index is 7.71. The van der Waals surface area contributed by atoms with E-state index in [1.165, 1.54) is 61.9 Å². The van der Waals surface area contributed by atoms with Crippen molar-refractivity contribution in [3.05, 3.63) is 0 Å². The van der Waals surface area contributed by atoms with Crippen LogP contribution in [0.1, 0.15) is 162 Å². The van der Waals surface area contributed by atoms with Gasteiger partial charge in [0.25, 0.3) is 0 Å². The molecule has 5 unspecified atom stereocenters. The molecule has 5 atom stereocenters. The van der Waals surface area contributed by atoms with Crippen LogP contribution in [0.15, 0.2) is 0 Å². The summed E-state index contributed by atoms with van der Waals surface area (Å²) in [5.41, 5.74) is 1.64. The molecule has 38 heavy (non-hydrogen) atoms. The molecule has 0 aromatic heterocycles. The minimum Gasteiger partial charge on any atom is -0.496 e. The van der Waals surface area contributed by atoms with Crippen LogP contribution in [-0.2, 0) is 3.79 Å². The van der Waals surface area contributed by atoms with Crippen molar-refractivity contribution in [3.63, 3.8) is 0 Å². The molecule has 0 aromatic rings. The fourth-order valence-corrected chi connectivity index (χ4v) is 12.1. The Kier molecular flexibility index (Phi) is 13.6. The molecule has 0 aliphatic carbocycles. The van der Waals surface area contributed by atoms with Crippen molar-refractivity contribution < 1.29 is 3.79 Å². The van der Waals surface area contributed by atoms with E-state index in [1.807, 2.05) is 0 Å². The molecule has 0 N–H and O–H groups in total. The summed E-state index contributed by atoms with van der Waals surface area (Å²) in [5.74, 6) is 3.66. The molecule has 2 heteroatoms. The van der Waals surface area contributed by atoms with Gasteiger partial charge in [-0.05, 0) is 90.3 Å². The summed E-state index contributed by atoms with van der Waals surface area (Å²) >= 11 is -1.25. The topological polar surface area (TPSA) is 9.23 Å². The summed E-state index contributed by atoms with van der Waals surface area (Å²) in [6, 6.07) is 0. The highest BCUT2D eigenvalue weighted by molar-refractivity contribution is 6.52. The van der Waals surface area contributed by atoms with Crippen molar-refractivity contribution in [2.24, 2.45) is 51.2 Å². The Balaban J connectivity index is 3.37. The quantitative estimate of drug-likeness (QED) is 0.220. The average Bonchev–Trinajstić information content (AvgIpc) is 2.57. The highest BCUT2D eigenvalue weighted by Gasteiger charge is 2.49. The Morgan fingerprint density at radius 1 is 0.605 bits per heavy atom. The fourth-order valence-electron chi connectivity index (χ4n) is 8.76. The first kappa shape index (κ1) is 36.5. The summed E-state index contributed by atoms with van der Waals surface area (Å²) in [7, 11) is 0. The summed E-state index contributed by atoms with van der Waals surface area (Å²) in [6.45, 7) is 39.1. The number of hydrogen-bond donors (Lipinski definition) is 0. The second kappa shape index (κ2) is 14.1. The van der Waals surface area contributed by atoms with Crippen molar-refractivity contribution in [1.29, 1.82) is 0 Å². The molecule has 1 rings (SSSR count). The molecule has 0 saturated carbocycles. The molecule has 1 aliphatic heterocycles. The SMILES string of the molecule is CC(CC1C[CH2][Al]([CH2]C(C)CC(C)(C)C)[O]C1(CC(C)CC(C)(C)C)CC(C)CC(C)(C)C)CC(C)(C)C. The summed E-state index contributed by atoms with van der Waals surface area (Å²) in [5, 5.41) is 2.76. The summed E-state index contributed by atoms with van der Waals surface area (Å²) in [4.78, 5) is 0. The van der Waals surface area contributed by atoms with Gasteiger partial charge in [-0.15, -0.1) is 0 Å². The monoisotopic (exact) mass is 549 g/mol. The molecule has 226 valence electrons. The predicted octanol–water partition coefficient (Wildman–Crippen LogP) is 12.2. The van der Waals surface area contributed by atoms with Gasteiger partial charge in [0.1, 0.15) is 0 Å². The largest absolute Gasteiger partial charge is 0.496 e. The first-order valence-corrected chi connectivity index (χ1v) is 18.7. The van der Waals surface area contributed by atoms with Gasteiger partial charge in [0.2, 0.25) is 0 Å². The van der Waals surface area contributed by atoms with E-state index >= 15 is 0 Å². The van der Waals surface area contributed by atoms with Crippen molar-refractivity contribution in [3.8, 4) is 0 Å². The van der Waals surface area contributed by atoms with Crippen LogP contribution >= 0.6 is 0 Å². The number of rotatable bonds is 12. The minimum atomic E-state index is -1.25. The predicted molar refractivity (Wildman–Crippen MR) is 174 cm³/mol. The Hall–Kier alpha value is 0.492. The van der Waals surface area contributed by atoms with Gasteiger partial charge in [0, 0.05) is 5.60 Å². The minimum absolute atomic E-state index is 0.0814. The molecule has 0 bridgehead atoms. The van der Waals surface area contributed by atoms with Crippen molar-refractivity contribution in [2.75, 3.05) is 0 Å². The van der Waals surface area contributed by atoms with Crippen LogP contribution in [0.3, 0.4) is 0 Å². The first-order chi connectivity index (χ1) is 16.9. The standard InChI is InChI=1S/C28H56O.C8H17.Al/c1-14-24(15-21(2)16-25(5,6)7)28(29,19-22(3)17-26(8,9)10)20-23(4)18-27(11,12)13;1-7(2)6-8(3,4)5;/h21-24H,1,14-20H2,2-13H3;7H,1,6H2,2-5H3;/q-1;;+1. The molecule has 1 aliphatic rings. The van der Waals surface area contributed by atoms with Crippen molar-refractivity contribution in [1.82, 2.24) is 0 Å². The van der Waals surface area contributed by atoms with Gasteiger partial charge in [0.15, 0.2) is 0 Å². The van der Waals surface area contributed by atoms with E-state index in [0.717, 1.165) is 11.8 Å². The van der Waals surface area contributed by atoms with E-state index in [1.54, 1.807) is 0 Å². The summed E-state index contributed by atoms with van der Waals surface area (Å²) < 4.78 is 7.71. The van der Waals surface area contributed by atoms with E-state index in [9.17, 15) is 0 Å². The maximum Gasteiger partial charge on any atom is 0.461 e. The third-order valence-corrected chi connectivity index (χ3v) is 11.7. The highest BCUT2D eigenvalue weighted by atomic mass is 27.2. The highest BCUT2D eigenvalue weighted by Crippen LogP contribution is 2.49. The van der Waals surface area contributed by atoms with Gasteiger partial charge in [-0.25, -0.2) is 0 Å². The lowest BCUT2D eigenvalue weighted by atomic mass is 9.67. The second-order valence-electron chi connectivity index (χ2n) is 19.4. The van der Waals surface area contributed by atoms with Crippen LogP contribution < -0.4 is 0 Å².